The molecule has 0 fully saturated rings. The summed E-state index contributed by atoms with van der Waals surface area (Å²) in [6, 6.07) is -4.28. The van der Waals surface area contributed by atoms with Gasteiger partial charge < -0.3 is 45.9 Å². The number of ether oxygens (including phenoxy) is 3. The predicted molar refractivity (Wildman–Crippen MR) is 126 cm³/mol. The molecule has 0 aliphatic rings. The van der Waals surface area contributed by atoms with Gasteiger partial charge in [-0.1, -0.05) is 40.0 Å². The van der Waals surface area contributed by atoms with Gasteiger partial charge in [-0.05, 0) is 19.3 Å². The molecule has 3 unspecified atom stereocenters. The van der Waals surface area contributed by atoms with E-state index in [1.54, 1.807) is 0 Å². The molecule has 0 saturated heterocycles. The van der Waals surface area contributed by atoms with Gasteiger partial charge in [0.15, 0.2) is 12.1 Å². The van der Waals surface area contributed by atoms with Gasteiger partial charge in [0.25, 0.3) is 0 Å². The highest BCUT2D eigenvalue weighted by molar-refractivity contribution is 5.87. The second-order valence-corrected chi connectivity index (χ2v) is 7.44. The lowest BCUT2D eigenvalue weighted by molar-refractivity contribution is -0.147. The van der Waals surface area contributed by atoms with Crippen LogP contribution in [-0.2, 0) is 28.6 Å². The van der Waals surface area contributed by atoms with Crippen LogP contribution in [0.15, 0.2) is 0 Å². The van der Waals surface area contributed by atoms with Crippen LogP contribution >= 0.6 is 0 Å². The van der Waals surface area contributed by atoms with Gasteiger partial charge in [-0.15, -0.1) is 0 Å². The van der Waals surface area contributed by atoms with Gasteiger partial charge in [0, 0.05) is 0 Å². The van der Waals surface area contributed by atoms with Crippen LogP contribution in [0.25, 0.3) is 0 Å². The van der Waals surface area contributed by atoms with Crippen LogP contribution in [0.5, 0.6) is 0 Å². The van der Waals surface area contributed by atoms with Gasteiger partial charge in [-0.2, -0.15) is 0 Å². The van der Waals surface area contributed by atoms with Crippen molar-refractivity contribution in [2.75, 3.05) is 39.6 Å². The number of aliphatic hydroxyl groups is 3. The number of nitrogens with one attached hydrogen (secondary N) is 2. The first-order valence-corrected chi connectivity index (χ1v) is 11.9. The zero-order chi connectivity index (χ0) is 27.1. The van der Waals surface area contributed by atoms with Crippen molar-refractivity contribution >= 4 is 23.9 Å². The van der Waals surface area contributed by atoms with Crippen LogP contribution in [0.3, 0.4) is 0 Å². The predicted octanol–water partition coefficient (Wildman–Crippen LogP) is -0.657. The van der Waals surface area contributed by atoms with Gasteiger partial charge in [0.1, 0.15) is 6.04 Å². The Balaban J connectivity index is 0. The molecule has 0 rings (SSSR count). The maximum absolute atomic E-state index is 11.8. The van der Waals surface area contributed by atoms with Crippen molar-refractivity contribution in [3.63, 3.8) is 0 Å². The van der Waals surface area contributed by atoms with Crippen LogP contribution in [0.2, 0.25) is 0 Å². The third-order valence-electron chi connectivity index (χ3n) is 4.27. The topological polar surface area (TPSA) is 207 Å². The number of urea groups is 1. The number of unbranched alkanes of at least 4 members (excludes halogenated alkanes) is 3. The number of carbonyl (C=O) groups is 4. The summed E-state index contributed by atoms with van der Waals surface area (Å²) in [4.78, 5) is 45.9. The molecule has 0 aromatic rings. The third-order valence-corrected chi connectivity index (χ3v) is 4.27. The van der Waals surface area contributed by atoms with E-state index in [0.29, 0.717) is 19.4 Å². The van der Waals surface area contributed by atoms with E-state index in [9.17, 15) is 19.2 Å². The van der Waals surface area contributed by atoms with Crippen molar-refractivity contribution < 1.29 is 48.7 Å². The molecular weight excluding hydrogens is 466 g/mol. The average Bonchev–Trinajstić information content (AvgIpc) is 2.85. The molecule has 0 aromatic heterocycles. The standard InChI is InChI=1S/C15H28N2O7.C7H15NO3/c1-3-5-7-23-13(20)11(9-18)16-15(22)17-12(10-19)14(21)24-8-6-4-2;1-2-3-4-11-7(10)6(8)5-9/h11-12,18-19H,3-10H2,1-2H3,(H2,16,17,22);6,9H,2-5,8H2,1H3. The first kappa shape index (κ1) is 34.7. The number of nitrogens with two attached hydrogens (primary N) is 1. The summed E-state index contributed by atoms with van der Waals surface area (Å²) < 4.78 is 14.5. The average molecular weight is 510 g/mol. The molecule has 0 radical (unpaired) electrons. The molecule has 206 valence electrons. The Morgan fingerprint density at radius 2 is 1.00 bits per heavy atom. The van der Waals surface area contributed by atoms with E-state index in [1.165, 1.54) is 0 Å². The third kappa shape index (κ3) is 18.5. The fourth-order valence-corrected chi connectivity index (χ4v) is 2.05. The minimum Gasteiger partial charge on any atom is -0.464 e. The fraction of sp³-hybridized carbons (Fsp3) is 0.818. The summed E-state index contributed by atoms with van der Waals surface area (Å²) in [6.45, 7) is 4.98. The fourth-order valence-electron chi connectivity index (χ4n) is 2.05. The van der Waals surface area contributed by atoms with Crippen molar-refractivity contribution in [1.82, 2.24) is 10.6 Å². The van der Waals surface area contributed by atoms with E-state index in [2.05, 4.69) is 10.6 Å². The Hall–Kier alpha value is -2.48. The van der Waals surface area contributed by atoms with Gasteiger partial charge >= 0.3 is 23.9 Å². The van der Waals surface area contributed by atoms with Gasteiger partial charge in [0.05, 0.1) is 39.6 Å². The molecule has 0 aromatic carbocycles. The number of esters is 3. The number of hydrogen-bond acceptors (Lipinski definition) is 11. The van der Waals surface area contributed by atoms with Gasteiger partial charge in [-0.3, -0.25) is 4.79 Å². The Kier molecular flexibility index (Phi) is 23.1. The maximum Gasteiger partial charge on any atom is 0.331 e. The number of rotatable bonds is 17. The first-order chi connectivity index (χ1) is 16.7. The van der Waals surface area contributed by atoms with E-state index in [1.807, 2.05) is 20.8 Å². The zero-order valence-corrected chi connectivity index (χ0v) is 21.0. The minimum absolute atomic E-state index is 0.193. The zero-order valence-electron chi connectivity index (χ0n) is 21.0. The van der Waals surface area contributed by atoms with Crippen LogP contribution in [-0.4, -0.2) is 97.0 Å². The number of carbonyl (C=O) groups excluding carboxylic acids is 4. The summed E-state index contributed by atoms with van der Waals surface area (Å²) in [6.07, 6.45) is 4.83. The highest BCUT2D eigenvalue weighted by atomic mass is 16.5. The molecule has 0 spiro atoms. The van der Waals surface area contributed by atoms with Crippen LogP contribution in [0, 0.1) is 0 Å². The molecule has 13 nitrogen and oxygen atoms in total. The second kappa shape index (κ2) is 23.3. The van der Waals surface area contributed by atoms with E-state index >= 15 is 0 Å². The monoisotopic (exact) mass is 509 g/mol. The lowest BCUT2D eigenvalue weighted by Gasteiger charge is -2.19. The minimum atomic E-state index is -1.25. The quantitative estimate of drug-likeness (QED) is 0.0824. The molecule has 0 bridgehead atoms. The Morgan fingerprint density at radius 3 is 1.29 bits per heavy atom. The molecule has 35 heavy (non-hydrogen) atoms. The van der Waals surface area contributed by atoms with E-state index in [0.717, 1.165) is 25.7 Å². The van der Waals surface area contributed by atoms with Crippen LogP contribution < -0.4 is 16.4 Å². The van der Waals surface area contributed by atoms with Gasteiger partial charge in [0.2, 0.25) is 0 Å². The molecule has 0 saturated carbocycles. The Labute approximate surface area is 206 Å². The summed E-state index contributed by atoms with van der Waals surface area (Å²) in [5.41, 5.74) is 5.17. The smallest absolute Gasteiger partial charge is 0.331 e. The number of hydrogen-bond donors (Lipinski definition) is 6. The summed E-state index contributed by atoms with van der Waals surface area (Å²) in [5, 5.41) is 31.1. The van der Waals surface area contributed by atoms with Crippen LogP contribution in [0.1, 0.15) is 59.3 Å². The van der Waals surface area contributed by atoms with Gasteiger partial charge in [-0.25, -0.2) is 14.4 Å². The van der Waals surface area contributed by atoms with Crippen molar-refractivity contribution in [2.24, 2.45) is 5.73 Å². The molecule has 3 atom stereocenters. The molecule has 0 aliphatic heterocycles. The van der Waals surface area contributed by atoms with E-state index in [4.69, 9.17) is 35.3 Å². The molecule has 0 aliphatic carbocycles. The Bertz CT molecular complexity index is 558. The maximum atomic E-state index is 11.8. The highest BCUT2D eigenvalue weighted by Gasteiger charge is 2.25. The van der Waals surface area contributed by atoms with Crippen molar-refractivity contribution in [2.45, 2.75) is 77.4 Å². The highest BCUT2D eigenvalue weighted by Crippen LogP contribution is 1.96. The number of aliphatic hydroxyl groups excluding tert-OH is 3. The molecule has 7 N–H and O–H groups in total. The summed E-state index contributed by atoms with van der Waals surface area (Å²) in [5.74, 6) is -2.07. The molecular formula is C22H43N3O10. The Morgan fingerprint density at radius 1 is 0.657 bits per heavy atom. The van der Waals surface area contributed by atoms with Crippen molar-refractivity contribution in [3.8, 4) is 0 Å². The van der Waals surface area contributed by atoms with Crippen LogP contribution in [0.4, 0.5) is 4.79 Å². The molecule has 2 amide bonds. The van der Waals surface area contributed by atoms with E-state index < -0.39 is 55.3 Å². The largest absolute Gasteiger partial charge is 0.464 e. The summed E-state index contributed by atoms with van der Waals surface area (Å²) >= 11 is 0. The van der Waals surface area contributed by atoms with Crippen molar-refractivity contribution in [1.29, 1.82) is 0 Å². The van der Waals surface area contributed by atoms with E-state index in [-0.39, 0.29) is 19.8 Å². The van der Waals surface area contributed by atoms with Crippen molar-refractivity contribution in [3.05, 3.63) is 0 Å². The first-order valence-electron chi connectivity index (χ1n) is 11.9. The normalized spacial score (nSPS) is 12.8. The summed E-state index contributed by atoms with van der Waals surface area (Å²) in [7, 11) is 0. The lowest BCUT2D eigenvalue weighted by Crippen LogP contribution is -2.53. The number of amides is 2. The second-order valence-electron chi connectivity index (χ2n) is 7.44. The lowest BCUT2D eigenvalue weighted by atomic mass is 10.3. The SMILES string of the molecule is CCCCOC(=O)C(CO)NC(=O)NC(CO)C(=O)OCCCC.CCCCOC(=O)C(N)CO. The molecule has 0 heterocycles. The molecule has 13 heteroatoms.